The highest BCUT2D eigenvalue weighted by Crippen LogP contribution is 2.34. The zero-order valence-corrected chi connectivity index (χ0v) is 12.3. The number of likely N-dealkylation sites (tertiary alicyclic amines) is 1. The minimum Gasteiger partial charge on any atom is -0.383 e. The largest absolute Gasteiger partial charge is 0.383 e. The van der Waals surface area contributed by atoms with Gasteiger partial charge in [0.25, 0.3) is 0 Å². The second-order valence-corrected chi connectivity index (χ2v) is 5.39. The Kier molecular flexibility index (Phi) is 5.09. The number of amides is 1. The first-order valence-corrected chi connectivity index (χ1v) is 7.04. The Hall–Kier alpha value is -1.46. The third-order valence-corrected chi connectivity index (χ3v) is 4.02. The number of rotatable bonds is 6. The molecule has 0 aliphatic carbocycles. The first-order valence-electron chi connectivity index (χ1n) is 7.04. The molecule has 20 heavy (non-hydrogen) atoms. The van der Waals surface area contributed by atoms with E-state index in [4.69, 9.17) is 4.74 Å². The number of nitrogens with one attached hydrogen (secondary N) is 1. The molecule has 2 rings (SSSR count). The Morgan fingerprint density at radius 2 is 2.45 bits per heavy atom. The summed E-state index contributed by atoms with van der Waals surface area (Å²) in [5.74, 6) is 0.0696. The molecule has 1 saturated heterocycles. The quantitative estimate of drug-likeness (QED) is 0.849. The van der Waals surface area contributed by atoms with Crippen molar-refractivity contribution in [3.05, 3.63) is 30.1 Å². The average molecular weight is 277 g/mol. The summed E-state index contributed by atoms with van der Waals surface area (Å²) in [5.41, 5.74) is 0.983. The van der Waals surface area contributed by atoms with E-state index in [0.29, 0.717) is 13.0 Å². The number of hydrogen-bond acceptors (Lipinski definition) is 4. The molecule has 5 heteroatoms. The molecule has 1 atom stereocenters. The maximum absolute atomic E-state index is 11.8. The smallest absolute Gasteiger partial charge is 0.221 e. The number of carbonyl (C=O) groups is 1. The second-order valence-electron chi connectivity index (χ2n) is 5.39. The summed E-state index contributed by atoms with van der Waals surface area (Å²) in [7, 11) is 3.38. The molecule has 0 spiro atoms. The van der Waals surface area contributed by atoms with Gasteiger partial charge in [-0.3, -0.25) is 14.7 Å². The van der Waals surface area contributed by atoms with Crippen LogP contribution in [0.15, 0.2) is 24.5 Å². The lowest BCUT2D eigenvalue weighted by molar-refractivity contribution is -0.124. The highest BCUT2D eigenvalue weighted by molar-refractivity contribution is 5.77. The fraction of sp³-hybridized carbons (Fsp3) is 0.600. The molecule has 1 aliphatic heterocycles. The number of nitrogens with zero attached hydrogens (tertiary/aromatic N) is 2. The van der Waals surface area contributed by atoms with Crippen LogP contribution in [0.1, 0.15) is 24.8 Å². The minimum absolute atomic E-state index is 0.0696. The van der Waals surface area contributed by atoms with Gasteiger partial charge in [0, 0.05) is 39.5 Å². The van der Waals surface area contributed by atoms with Gasteiger partial charge in [-0.1, -0.05) is 6.07 Å². The molecule has 0 unspecified atom stereocenters. The van der Waals surface area contributed by atoms with Crippen molar-refractivity contribution < 1.29 is 9.53 Å². The van der Waals surface area contributed by atoms with E-state index < -0.39 is 0 Å². The van der Waals surface area contributed by atoms with Crippen LogP contribution in [0.5, 0.6) is 0 Å². The van der Waals surface area contributed by atoms with Crippen molar-refractivity contribution in [2.75, 3.05) is 27.3 Å². The van der Waals surface area contributed by atoms with Crippen molar-refractivity contribution in [3.63, 3.8) is 0 Å². The van der Waals surface area contributed by atoms with Crippen LogP contribution in [-0.2, 0) is 16.1 Å². The Balaban J connectivity index is 2.14. The predicted molar refractivity (Wildman–Crippen MR) is 77.2 cm³/mol. The number of aromatic nitrogens is 1. The van der Waals surface area contributed by atoms with Gasteiger partial charge in [0.05, 0.1) is 12.1 Å². The molecule has 1 aromatic rings. The Bertz CT molecular complexity index is 438. The summed E-state index contributed by atoms with van der Waals surface area (Å²) in [6, 6.07) is 4.02. The molecule has 1 amide bonds. The van der Waals surface area contributed by atoms with Gasteiger partial charge in [-0.15, -0.1) is 0 Å². The molecule has 5 nitrogen and oxygen atoms in total. The van der Waals surface area contributed by atoms with E-state index in [1.54, 1.807) is 20.4 Å². The van der Waals surface area contributed by atoms with Crippen molar-refractivity contribution in [2.24, 2.45) is 0 Å². The van der Waals surface area contributed by atoms with Gasteiger partial charge in [0.2, 0.25) is 5.91 Å². The average Bonchev–Trinajstić information content (AvgIpc) is 2.83. The fourth-order valence-electron chi connectivity index (χ4n) is 3.02. The van der Waals surface area contributed by atoms with Crippen LogP contribution >= 0.6 is 0 Å². The van der Waals surface area contributed by atoms with Gasteiger partial charge < -0.3 is 10.1 Å². The topological polar surface area (TPSA) is 54.5 Å². The van der Waals surface area contributed by atoms with E-state index in [9.17, 15) is 4.79 Å². The predicted octanol–water partition coefficient (Wildman–Crippen LogP) is 1.20. The molecule has 110 valence electrons. The molecule has 0 saturated carbocycles. The highest BCUT2D eigenvalue weighted by atomic mass is 16.5. The van der Waals surface area contributed by atoms with Gasteiger partial charge in [0.15, 0.2) is 0 Å². The second kappa shape index (κ2) is 6.81. The third kappa shape index (κ3) is 3.35. The molecule has 0 bridgehead atoms. The van der Waals surface area contributed by atoms with Gasteiger partial charge >= 0.3 is 0 Å². The standard InChI is InChI=1S/C15H23N3O2/c1-16-14(19)9-15(12-20-2)6-4-8-18(15)11-13-5-3-7-17-10-13/h3,5,7,10H,4,6,8-9,11-12H2,1-2H3,(H,16,19)/t15-/m0/s1. The van der Waals surface area contributed by atoms with Gasteiger partial charge in [-0.25, -0.2) is 0 Å². The van der Waals surface area contributed by atoms with Gasteiger partial charge in [-0.2, -0.15) is 0 Å². The summed E-state index contributed by atoms with van der Waals surface area (Å²) in [5, 5.41) is 2.73. The van der Waals surface area contributed by atoms with E-state index in [1.807, 2.05) is 12.3 Å². The number of ether oxygens (including phenoxy) is 1. The molecule has 1 aliphatic rings. The van der Waals surface area contributed by atoms with Crippen LogP contribution in [0.3, 0.4) is 0 Å². The fourth-order valence-corrected chi connectivity index (χ4v) is 3.02. The zero-order valence-electron chi connectivity index (χ0n) is 12.3. The van der Waals surface area contributed by atoms with Crippen LogP contribution in [0, 0.1) is 0 Å². The van der Waals surface area contributed by atoms with Gasteiger partial charge in [0.1, 0.15) is 0 Å². The molecule has 2 heterocycles. The summed E-state index contributed by atoms with van der Waals surface area (Å²) < 4.78 is 5.41. The SMILES string of the molecule is CNC(=O)C[C@]1(COC)CCCN1Cc1cccnc1. The Morgan fingerprint density at radius 1 is 1.60 bits per heavy atom. The van der Waals surface area contributed by atoms with E-state index in [1.165, 1.54) is 5.56 Å². The molecule has 0 aromatic carbocycles. The normalized spacial score (nSPS) is 22.9. The molecule has 1 fully saturated rings. The van der Waals surface area contributed by atoms with E-state index in [0.717, 1.165) is 25.9 Å². The molecular weight excluding hydrogens is 254 g/mol. The Morgan fingerprint density at radius 3 is 3.10 bits per heavy atom. The Labute approximate surface area is 120 Å². The van der Waals surface area contributed by atoms with Crippen LogP contribution in [0.2, 0.25) is 0 Å². The molecule has 1 N–H and O–H groups in total. The van der Waals surface area contributed by atoms with Crippen LogP contribution in [-0.4, -0.2) is 48.6 Å². The minimum atomic E-state index is -0.190. The summed E-state index contributed by atoms with van der Waals surface area (Å²) in [6.07, 6.45) is 6.24. The maximum atomic E-state index is 11.8. The number of pyridine rings is 1. The van der Waals surface area contributed by atoms with Crippen molar-refractivity contribution in [2.45, 2.75) is 31.3 Å². The van der Waals surface area contributed by atoms with Crippen LogP contribution < -0.4 is 5.32 Å². The lowest BCUT2D eigenvalue weighted by Crippen LogP contribution is -2.49. The summed E-state index contributed by atoms with van der Waals surface area (Å²) in [4.78, 5) is 18.4. The van der Waals surface area contributed by atoms with Crippen molar-refractivity contribution in [1.29, 1.82) is 0 Å². The van der Waals surface area contributed by atoms with Gasteiger partial charge in [-0.05, 0) is 31.0 Å². The lowest BCUT2D eigenvalue weighted by atomic mass is 9.92. The van der Waals surface area contributed by atoms with E-state index in [-0.39, 0.29) is 11.4 Å². The third-order valence-electron chi connectivity index (χ3n) is 4.02. The first kappa shape index (κ1) is 14.9. The van der Waals surface area contributed by atoms with Crippen molar-refractivity contribution in [3.8, 4) is 0 Å². The first-order chi connectivity index (χ1) is 9.70. The van der Waals surface area contributed by atoms with E-state index in [2.05, 4.69) is 21.3 Å². The molecular formula is C15H23N3O2. The summed E-state index contributed by atoms with van der Waals surface area (Å²) in [6.45, 7) is 2.39. The molecule has 1 aromatic heterocycles. The monoisotopic (exact) mass is 277 g/mol. The summed E-state index contributed by atoms with van der Waals surface area (Å²) >= 11 is 0. The van der Waals surface area contributed by atoms with Crippen molar-refractivity contribution in [1.82, 2.24) is 15.2 Å². The molecule has 0 radical (unpaired) electrons. The number of methoxy groups -OCH3 is 1. The maximum Gasteiger partial charge on any atom is 0.221 e. The van der Waals surface area contributed by atoms with E-state index >= 15 is 0 Å². The zero-order chi connectivity index (χ0) is 14.4. The lowest BCUT2D eigenvalue weighted by Gasteiger charge is -2.37. The van der Waals surface area contributed by atoms with Crippen molar-refractivity contribution >= 4 is 5.91 Å². The highest BCUT2D eigenvalue weighted by Gasteiger charge is 2.42. The number of carbonyl (C=O) groups excluding carboxylic acids is 1. The van der Waals surface area contributed by atoms with Crippen LogP contribution in [0.4, 0.5) is 0 Å². The number of hydrogen-bond donors (Lipinski definition) is 1. The van der Waals surface area contributed by atoms with Crippen LogP contribution in [0.25, 0.3) is 0 Å².